The fourth-order valence-electron chi connectivity index (χ4n) is 3.56. The van der Waals surface area contributed by atoms with Crippen molar-refractivity contribution >= 4 is 23.0 Å². The van der Waals surface area contributed by atoms with Crippen molar-refractivity contribution < 1.29 is 9.53 Å². The van der Waals surface area contributed by atoms with Gasteiger partial charge in [0.2, 0.25) is 0 Å². The van der Waals surface area contributed by atoms with Gasteiger partial charge in [0, 0.05) is 33.2 Å². The maximum Gasteiger partial charge on any atom is 0.309 e. The first kappa shape index (κ1) is 19.2. The lowest BCUT2D eigenvalue weighted by molar-refractivity contribution is -0.149. The minimum atomic E-state index is -0.0624. The Hall–Kier alpha value is -2.57. The molecular formula is C20H29N5O2. The lowest BCUT2D eigenvalue weighted by atomic mass is 9.97. The first-order valence-electron chi connectivity index (χ1n) is 9.75. The molecule has 1 fully saturated rings. The molecule has 0 atom stereocenters. The van der Waals surface area contributed by atoms with E-state index in [2.05, 4.69) is 30.8 Å². The summed E-state index contributed by atoms with van der Waals surface area (Å²) in [6.07, 6.45) is 4.53. The summed E-state index contributed by atoms with van der Waals surface area (Å²) >= 11 is 0. The summed E-state index contributed by atoms with van der Waals surface area (Å²) in [6.45, 7) is 5.72. The molecule has 1 aliphatic heterocycles. The number of para-hydroxylation sites is 2. The maximum atomic E-state index is 11.9. The molecule has 1 N–H and O–H groups in total. The number of aromatic nitrogens is 2. The second-order valence-electron chi connectivity index (χ2n) is 6.77. The van der Waals surface area contributed by atoms with Gasteiger partial charge in [-0.3, -0.25) is 9.79 Å². The number of hydrogen-bond acceptors (Lipinski definition) is 4. The van der Waals surface area contributed by atoms with Gasteiger partial charge in [0.15, 0.2) is 5.96 Å². The molecule has 1 aromatic heterocycles. The third-order valence-corrected chi connectivity index (χ3v) is 5.01. The van der Waals surface area contributed by atoms with Crippen molar-refractivity contribution in [2.45, 2.75) is 32.7 Å². The molecule has 2 heterocycles. The van der Waals surface area contributed by atoms with Crippen LogP contribution in [0.1, 0.15) is 26.2 Å². The van der Waals surface area contributed by atoms with Crippen LogP contribution in [0.15, 0.2) is 35.6 Å². The van der Waals surface area contributed by atoms with Crippen LogP contribution in [0.3, 0.4) is 0 Å². The Labute approximate surface area is 160 Å². The predicted octanol–water partition coefficient (Wildman–Crippen LogP) is 2.28. The number of hydrogen-bond donors (Lipinski definition) is 1. The van der Waals surface area contributed by atoms with Crippen molar-refractivity contribution in [2.24, 2.45) is 10.9 Å². The Bertz CT molecular complexity index is 778. The van der Waals surface area contributed by atoms with E-state index in [1.165, 1.54) is 5.52 Å². The van der Waals surface area contributed by atoms with E-state index < -0.39 is 0 Å². The lowest BCUT2D eigenvalue weighted by Crippen LogP contribution is -2.47. The zero-order valence-electron chi connectivity index (χ0n) is 16.2. The summed E-state index contributed by atoms with van der Waals surface area (Å²) in [5.41, 5.74) is 2.20. The molecule has 0 spiro atoms. The van der Waals surface area contributed by atoms with Gasteiger partial charge < -0.3 is 19.5 Å². The second-order valence-corrected chi connectivity index (χ2v) is 6.77. The number of carbonyl (C=O) groups is 1. The highest BCUT2D eigenvalue weighted by Gasteiger charge is 2.27. The normalized spacial score (nSPS) is 15.9. The number of piperidine rings is 1. The zero-order chi connectivity index (χ0) is 19.1. The van der Waals surface area contributed by atoms with Gasteiger partial charge in [-0.1, -0.05) is 12.1 Å². The van der Waals surface area contributed by atoms with Gasteiger partial charge in [0.25, 0.3) is 0 Å². The number of esters is 1. The molecule has 7 heteroatoms. The SMILES string of the molecule is CCOC(=O)C1CCN(C(=NC)NCCCn2cnc3ccccc32)CC1. The van der Waals surface area contributed by atoms with E-state index in [4.69, 9.17) is 4.74 Å². The van der Waals surface area contributed by atoms with Crippen molar-refractivity contribution in [1.82, 2.24) is 19.8 Å². The van der Waals surface area contributed by atoms with Gasteiger partial charge in [-0.25, -0.2) is 4.98 Å². The molecule has 2 aromatic rings. The van der Waals surface area contributed by atoms with Crippen molar-refractivity contribution in [3.63, 3.8) is 0 Å². The van der Waals surface area contributed by atoms with Crippen molar-refractivity contribution in [2.75, 3.05) is 33.3 Å². The van der Waals surface area contributed by atoms with E-state index >= 15 is 0 Å². The molecule has 0 unspecified atom stereocenters. The topological polar surface area (TPSA) is 71.8 Å². The lowest BCUT2D eigenvalue weighted by Gasteiger charge is -2.33. The van der Waals surface area contributed by atoms with Crippen molar-refractivity contribution in [3.05, 3.63) is 30.6 Å². The molecule has 1 aliphatic rings. The third-order valence-electron chi connectivity index (χ3n) is 5.01. The molecule has 1 saturated heterocycles. The summed E-state index contributed by atoms with van der Waals surface area (Å²) in [7, 11) is 1.81. The Kier molecular flexibility index (Phi) is 6.68. The fourth-order valence-corrected chi connectivity index (χ4v) is 3.56. The molecule has 7 nitrogen and oxygen atoms in total. The van der Waals surface area contributed by atoms with E-state index in [0.717, 1.165) is 56.9 Å². The van der Waals surface area contributed by atoms with E-state index in [9.17, 15) is 4.79 Å². The van der Waals surface area contributed by atoms with Crippen molar-refractivity contribution in [1.29, 1.82) is 0 Å². The van der Waals surface area contributed by atoms with E-state index in [0.29, 0.717) is 6.61 Å². The van der Waals surface area contributed by atoms with Gasteiger partial charge in [-0.2, -0.15) is 0 Å². The number of nitrogens with one attached hydrogen (secondary N) is 1. The minimum Gasteiger partial charge on any atom is -0.466 e. The molecule has 0 aliphatic carbocycles. The first-order valence-corrected chi connectivity index (χ1v) is 9.75. The molecule has 0 bridgehead atoms. The van der Waals surface area contributed by atoms with Crippen LogP contribution in [-0.4, -0.2) is 59.7 Å². The van der Waals surface area contributed by atoms with E-state index in [-0.39, 0.29) is 11.9 Å². The maximum absolute atomic E-state index is 11.9. The third kappa shape index (κ3) is 4.78. The molecule has 146 valence electrons. The first-order chi connectivity index (χ1) is 13.2. The van der Waals surface area contributed by atoms with Crippen LogP contribution in [0.5, 0.6) is 0 Å². The Morgan fingerprint density at radius 3 is 2.85 bits per heavy atom. The van der Waals surface area contributed by atoms with Crippen LogP contribution in [0, 0.1) is 5.92 Å². The van der Waals surface area contributed by atoms with Crippen LogP contribution < -0.4 is 5.32 Å². The summed E-state index contributed by atoms with van der Waals surface area (Å²) in [4.78, 5) is 22.9. The molecule has 0 amide bonds. The number of rotatable bonds is 6. The number of aryl methyl sites for hydroxylation is 1. The fraction of sp³-hybridized carbons (Fsp3) is 0.550. The highest BCUT2D eigenvalue weighted by molar-refractivity contribution is 5.80. The number of guanidine groups is 1. The molecule has 1 aromatic carbocycles. The number of likely N-dealkylation sites (tertiary alicyclic amines) is 1. The quantitative estimate of drug-likeness (QED) is 0.365. The summed E-state index contributed by atoms with van der Waals surface area (Å²) in [6, 6.07) is 8.19. The number of carbonyl (C=O) groups excluding carboxylic acids is 1. The van der Waals surface area contributed by atoms with E-state index in [1.807, 2.05) is 38.5 Å². The van der Waals surface area contributed by atoms with Crippen LogP contribution in [0.25, 0.3) is 11.0 Å². The summed E-state index contributed by atoms with van der Waals surface area (Å²) in [5, 5.41) is 3.44. The number of nitrogens with zero attached hydrogens (tertiary/aromatic N) is 4. The van der Waals surface area contributed by atoms with Gasteiger partial charge in [-0.05, 0) is 38.3 Å². The molecule has 0 radical (unpaired) electrons. The van der Waals surface area contributed by atoms with Gasteiger partial charge in [-0.15, -0.1) is 0 Å². The molecule has 27 heavy (non-hydrogen) atoms. The van der Waals surface area contributed by atoms with E-state index in [1.54, 1.807) is 0 Å². The highest BCUT2D eigenvalue weighted by atomic mass is 16.5. The minimum absolute atomic E-state index is 0.0221. The van der Waals surface area contributed by atoms with Crippen LogP contribution >= 0.6 is 0 Å². The van der Waals surface area contributed by atoms with Crippen LogP contribution in [0.4, 0.5) is 0 Å². The zero-order valence-corrected chi connectivity index (χ0v) is 16.2. The summed E-state index contributed by atoms with van der Waals surface area (Å²) in [5.74, 6) is 0.870. The monoisotopic (exact) mass is 371 g/mol. The van der Waals surface area contributed by atoms with Crippen LogP contribution in [-0.2, 0) is 16.1 Å². The van der Waals surface area contributed by atoms with Gasteiger partial charge in [0.1, 0.15) is 0 Å². The number of fused-ring (bicyclic) bond motifs is 1. The largest absolute Gasteiger partial charge is 0.466 e. The van der Waals surface area contributed by atoms with Gasteiger partial charge >= 0.3 is 5.97 Å². The Morgan fingerprint density at radius 2 is 2.11 bits per heavy atom. The summed E-state index contributed by atoms with van der Waals surface area (Å²) < 4.78 is 7.32. The smallest absolute Gasteiger partial charge is 0.309 e. The number of aliphatic imine (C=N–C) groups is 1. The van der Waals surface area contributed by atoms with Gasteiger partial charge in [0.05, 0.1) is 29.9 Å². The standard InChI is InChI=1S/C20H29N5O2/c1-3-27-19(26)16-9-13-24(14-10-16)20(21-2)22-11-6-12-25-15-23-17-7-4-5-8-18(17)25/h4-5,7-8,15-16H,3,6,9-14H2,1-2H3,(H,21,22). The molecule has 3 rings (SSSR count). The number of imidazole rings is 1. The van der Waals surface area contributed by atoms with Crippen LogP contribution in [0.2, 0.25) is 0 Å². The number of ether oxygens (including phenoxy) is 1. The Morgan fingerprint density at radius 1 is 1.33 bits per heavy atom. The number of benzene rings is 1. The average Bonchev–Trinajstić information content (AvgIpc) is 3.12. The second kappa shape index (κ2) is 9.39. The molecular weight excluding hydrogens is 342 g/mol. The Balaban J connectivity index is 1.43. The predicted molar refractivity (Wildman–Crippen MR) is 107 cm³/mol. The van der Waals surface area contributed by atoms with Crippen molar-refractivity contribution in [3.8, 4) is 0 Å². The average molecular weight is 371 g/mol. The highest BCUT2D eigenvalue weighted by Crippen LogP contribution is 2.18. The molecule has 0 saturated carbocycles.